The minimum absolute atomic E-state index is 0.217. The molecule has 0 saturated heterocycles. The van der Waals surface area contributed by atoms with Crippen LogP contribution in [0.3, 0.4) is 0 Å². The van der Waals surface area contributed by atoms with Crippen LogP contribution in [0.1, 0.15) is 15.4 Å². The van der Waals surface area contributed by atoms with E-state index in [0.29, 0.717) is 18.0 Å². The highest BCUT2D eigenvalue weighted by molar-refractivity contribution is 7.09. The molecule has 6 heteroatoms. The summed E-state index contributed by atoms with van der Waals surface area (Å²) in [6, 6.07) is 3.36. The van der Waals surface area contributed by atoms with Crippen molar-refractivity contribution in [1.82, 2.24) is 15.3 Å². The summed E-state index contributed by atoms with van der Waals surface area (Å²) in [7, 11) is 1.49. The molecule has 0 spiro atoms. The zero-order valence-corrected chi connectivity index (χ0v) is 10.0. The molecule has 2 heterocycles. The molecular weight excluding hydrogens is 238 g/mol. The molecule has 1 amide bonds. The monoisotopic (exact) mass is 249 g/mol. The summed E-state index contributed by atoms with van der Waals surface area (Å²) in [6.45, 7) is 0.411. The van der Waals surface area contributed by atoms with Crippen molar-refractivity contribution in [3.8, 4) is 5.88 Å². The average Bonchev–Trinajstić information content (AvgIpc) is 2.89. The molecule has 0 bridgehead atoms. The van der Waals surface area contributed by atoms with Crippen molar-refractivity contribution in [2.75, 3.05) is 7.11 Å². The van der Waals surface area contributed by atoms with Crippen LogP contribution in [0, 0.1) is 0 Å². The molecule has 2 rings (SSSR count). The second kappa shape index (κ2) is 5.40. The first-order valence-corrected chi connectivity index (χ1v) is 5.85. The zero-order chi connectivity index (χ0) is 12.1. The summed E-state index contributed by atoms with van der Waals surface area (Å²) >= 11 is 1.50. The SMILES string of the molecule is COc1ncccc1C(=O)NCc1nccs1. The first-order chi connectivity index (χ1) is 8.31. The van der Waals surface area contributed by atoms with Crippen LogP contribution in [0.5, 0.6) is 5.88 Å². The molecule has 2 aromatic heterocycles. The summed E-state index contributed by atoms with van der Waals surface area (Å²) in [5.41, 5.74) is 0.423. The maximum absolute atomic E-state index is 11.9. The Kier molecular flexibility index (Phi) is 3.66. The third-order valence-electron chi connectivity index (χ3n) is 2.09. The molecule has 1 N–H and O–H groups in total. The van der Waals surface area contributed by atoms with Gasteiger partial charge in [0.25, 0.3) is 5.91 Å². The fourth-order valence-electron chi connectivity index (χ4n) is 1.32. The first kappa shape index (κ1) is 11.5. The topological polar surface area (TPSA) is 64.1 Å². The molecule has 2 aromatic rings. The van der Waals surface area contributed by atoms with Gasteiger partial charge in [-0.25, -0.2) is 9.97 Å². The Labute approximate surface area is 102 Å². The van der Waals surface area contributed by atoms with E-state index in [-0.39, 0.29) is 5.91 Å². The molecule has 0 aliphatic carbocycles. The fraction of sp³-hybridized carbons (Fsp3) is 0.182. The molecule has 0 radical (unpaired) electrons. The number of methoxy groups -OCH3 is 1. The van der Waals surface area contributed by atoms with E-state index in [0.717, 1.165) is 5.01 Å². The quantitative estimate of drug-likeness (QED) is 0.891. The van der Waals surface area contributed by atoms with E-state index >= 15 is 0 Å². The third kappa shape index (κ3) is 2.79. The normalized spacial score (nSPS) is 9.94. The van der Waals surface area contributed by atoms with Crippen molar-refractivity contribution in [1.29, 1.82) is 0 Å². The molecule has 0 aliphatic rings. The van der Waals surface area contributed by atoms with Crippen molar-refractivity contribution in [2.45, 2.75) is 6.54 Å². The van der Waals surface area contributed by atoms with Crippen LogP contribution in [0.15, 0.2) is 29.9 Å². The van der Waals surface area contributed by atoms with E-state index in [1.165, 1.54) is 18.4 Å². The van der Waals surface area contributed by atoms with Crippen molar-refractivity contribution < 1.29 is 9.53 Å². The lowest BCUT2D eigenvalue weighted by Crippen LogP contribution is -2.23. The molecule has 0 saturated carbocycles. The Morgan fingerprint density at radius 2 is 2.35 bits per heavy atom. The molecule has 5 nitrogen and oxygen atoms in total. The summed E-state index contributed by atoms with van der Waals surface area (Å²) in [6.07, 6.45) is 3.28. The van der Waals surface area contributed by atoms with Crippen molar-refractivity contribution in [3.63, 3.8) is 0 Å². The van der Waals surface area contributed by atoms with Gasteiger partial charge < -0.3 is 10.1 Å². The van der Waals surface area contributed by atoms with Crippen molar-refractivity contribution in [2.24, 2.45) is 0 Å². The standard InChI is InChI=1S/C11H11N3O2S/c1-16-11-8(3-2-4-13-11)10(15)14-7-9-12-5-6-17-9/h2-6H,7H2,1H3,(H,14,15). The maximum Gasteiger partial charge on any atom is 0.257 e. The number of pyridine rings is 1. The number of amides is 1. The summed E-state index contributed by atoms with van der Waals surface area (Å²) in [4.78, 5) is 19.9. The van der Waals surface area contributed by atoms with Crippen LogP contribution < -0.4 is 10.1 Å². The average molecular weight is 249 g/mol. The number of ether oxygens (including phenoxy) is 1. The highest BCUT2D eigenvalue weighted by atomic mass is 32.1. The highest BCUT2D eigenvalue weighted by Crippen LogP contribution is 2.13. The van der Waals surface area contributed by atoms with Gasteiger partial charge in [-0.1, -0.05) is 0 Å². The molecule has 0 fully saturated rings. The number of hydrogen-bond donors (Lipinski definition) is 1. The molecular formula is C11H11N3O2S. The maximum atomic E-state index is 11.9. The molecule has 17 heavy (non-hydrogen) atoms. The number of nitrogens with zero attached hydrogens (tertiary/aromatic N) is 2. The van der Waals surface area contributed by atoms with Gasteiger partial charge in [0, 0.05) is 17.8 Å². The van der Waals surface area contributed by atoms with Crippen LogP contribution in [-0.4, -0.2) is 23.0 Å². The molecule has 0 unspecified atom stereocenters. The summed E-state index contributed by atoms with van der Waals surface area (Å²) in [5.74, 6) is 0.106. The van der Waals surface area contributed by atoms with Crippen molar-refractivity contribution in [3.05, 3.63) is 40.5 Å². The highest BCUT2D eigenvalue weighted by Gasteiger charge is 2.12. The van der Waals surface area contributed by atoms with Gasteiger partial charge in [0.2, 0.25) is 5.88 Å². The third-order valence-corrected chi connectivity index (χ3v) is 2.87. The molecule has 0 aliphatic heterocycles. The lowest BCUT2D eigenvalue weighted by atomic mass is 10.2. The lowest BCUT2D eigenvalue weighted by Gasteiger charge is -2.06. The minimum Gasteiger partial charge on any atom is -0.480 e. The number of thiazole rings is 1. The van der Waals surface area contributed by atoms with Crippen LogP contribution in [0.4, 0.5) is 0 Å². The van der Waals surface area contributed by atoms with Crippen LogP contribution >= 0.6 is 11.3 Å². The van der Waals surface area contributed by atoms with Crippen LogP contribution in [0.2, 0.25) is 0 Å². The number of aromatic nitrogens is 2. The predicted octanol–water partition coefficient (Wildman–Crippen LogP) is 1.48. The van der Waals surface area contributed by atoms with Gasteiger partial charge in [0.15, 0.2) is 0 Å². The van der Waals surface area contributed by atoms with Gasteiger partial charge in [-0.05, 0) is 12.1 Å². The van der Waals surface area contributed by atoms with Crippen molar-refractivity contribution >= 4 is 17.2 Å². The second-order valence-corrected chi connectivity index (χ2v) is 4.15. The van der Waals surface area contributed by atoms with Gasteiger partial charge in [-0.3, -0.25) is 4.79 Å². The molecule has 0 atom stereocenters. The molecule has 88 valence electrons. The Hall–Kier alpha value is -1.95. The van der Waals surface area contributed by atoms with Gasteiger partial charge >= 0.3 is 0 Å². The van der Waals surface area contributed by atoms with E-state index < -0.39 is 0 Å². The first-order valence-electron chi connectivity index (χ1n) is 4.97. The minimum atomic E-state index is -0.217. The number of hydrogen-bond acceptors (Lipinski definition) is 5. The Morgan fingerprint density at radius 1 is 1.47 bits per heavy atom. The van der Waals surface area contributed by atoms with Gasteiger partial charge in [-0.15, -0.1) is 11.3 Å². The smallest absolute Gasteiger partial charge is 0.257 e. The van der Waals surface area contributed by atoms with E-state index in [1.807, 2.05) is 5.38 Å². The predicted molar refractivity (Wildman–Crippen MR) is 64.1 cm³/mol. The zero-order valence-electron chi connectivity index (χ0n) is 9.21. The number of rotatable bonds is 4. The molecule has 0 aromatic carbocycles. The summed E-state index contributed by atoms with van der Waals surface area (Å²) < 4.78 is 5.02. The fourth-order valence-corrected chi connectivity index (χ4v) is 1.87. The number of carbonyl (C=O) groups is 1. The number of nitrogens with one attached hydrogen (secondary N) is 1. The van der Waals surface area contributed by atoms with Gasteiger partial charge in [-0.2, -0.15) is 0 Å². The van der Waals surface area contributed by atoms with E-state index in [1.54, 1.807) is 24.5 Å². The Bertz CT molecular complexity index is 499. The Balaban J connectivity index is 2.04. The Morgan fingerprint density at radius 3 is 3.06 bits per heavy atom. The lowest BCUT2D eigenvalue weighted by molar-refractivity contribution is 0.0947. The largest absolute Gasteiger partial charge is 0.480 e. The van der Waals surface area contributed by atoms with E-state index in [2.05, 4.69) is 15.3 Å². The van der Waals surface area contributed by atoms with E-state index in [9.17, 15) is 4.79 Å². The van der Waals surface area contributed by atoms with Gasteiger partial charge in [0.1, 0.15) is 10.6 Å². The van der Waals surface area contributed by atoms with Crippen LogP contribution in [-0.2, 0) is 6.54 Å². The second-order valence-electron chi connectivity index (χ2n) is 3.17. The van der Waals surface area contributed by atoms with Gasteiger partial charge in [0.05, 0.1) is 13.7 Å². The van der Waals surface area contributed by atoms with Crippen LogP contribution in [0.25, 0.3) is 0 Å². The van der Waals surface area contributed by atoms with E-state index in [4.69, 9.17) is 4.74 Å². The number of carbonyl (C=O) groups excluding carboxylic acids is 1. The summed E-state index contributed by atoms with van der Waals surface area (Å²) in [5, 5.41) is 5.49.